The maximum absolute atomic E-state index is 13.1. The monoisotopic (exact) mass is 482 g/mol. The first-order chi connectivity index (χ1) is 16.3. The Morgan fingerprint density at radius 2 is 1.59 bits per heavy atom. The second-order valence-corrected chi connectivity index (χ2v) is 9.86. The van der Waals surface area contributed by atoms with Crippen LogP contribution in [0.1, 0.15) is 27.7 Å². The van der Waals surface area contributed by atoms with E-state index < -0.39 is 0 Å². The summed E-state index contributed by atoms with van der Waals surface area (Å²) >= 11 is 1.40. The number of rotatable bonds is 11. The molecule has 0 atom stereocenters. The number of nitrogens with zero attached hydrogens (tertiary/aromatic N) is 4. The van der Waals surface area contributed by atoms with Gasteiger partial charge in [-0.2, -0.15) is 0 Å². The van der Waals surface area contributed by atoms with Crippen LogP contribution in [0.2, 0.25) is 0 Å². The summed E-state index contributed by atoms with van der Waals surface area (Å²) < 4.78 is 12.9. The Bertz CT molecular complexity index is 1070. The molecule has 7 nitrogen and oxygen atoms in total. The van der Waals surface area contributed by atoms with Gasteiger partial charge in [-0.05, 0) is 48.2 Å². The number of hydrogen-bond donors (Lipinski definition) is 0. The molecule has 1 amide bonds. The summed E-state index contributed by atoms with van der Waals surface area (Å²) in [6.07, 6.45) is 0. The summed E-state index contributed by atoms with van der Waals surface area (Å²) in [6, 6.07) is 15.4. The van der Waals surface area contributed by atoms with Crippen LogP contribution >= 0.6 is 11.8 Å². The Balaban J connectivity index is 1.95. The number of methoxy groups -OCH3 is 2. The van der Waals surface area contributed by atoms with E-state index in [4.69, 9.17) is 9.47 Å². The van der Waals surface area contributed by atoms with Gasteiger partial charge in [-0.25, -0.2) is 0 Å². The number of carbonyl (C=O) groups excluding carboxylic acids is 1. The smallest absolute Gasteiger partial charge is 0.233 e. The number of aromatic nitrogens is 3. The Morgan fingerprint density at radius 1 is 0.941 bits per heavy atom. The number of thioether (sulfide) groups is 1. The topological polar surface area (TPSA) is 69.5 Å². The van der Waals surface area contributed by atoms with Crippen molar-refractivity contribution in [2.24, 2.45) is 11.8 Å². The van der Waals surface area contributed by atoms with Crippen molar-refractivity contribution in [1.82, 2.24) is 19.7 Å². The Kier molecular flexibility index (Phi) is 8.98. The second kappa shape index (κ2) is 11.9. The maximum atomic E-state index is 13.1. The van der Waals surface area contributed by atoms with Crippen LogP contribution in [0.3, 0.4) is 0 Å². The van der Waals surface area contributed by atoms with Crippen LogP contribution in [0.25, 0.3) is 17.1 Å². The van der Waals surface area contributed by atoms with Crippen LogP contribution in [0, 0.1) is 11.8 Å². The molecule has 0 aliphatic rings. The molecule has 1 heterocycles. The van der Waals surface area contributed by atoms with Gasteiger partial charge in [-0.3, -0.25) is 9.36 Å². The summed E-state index contributed by atoms with van der Waals surface area (Å²) in [5.74, 6) is 3.34. The fourth-order valence-corrected chi connectivity index (χ4v) is 4.56. The van der Waals surface area contributed by atoms with Gasteiger partial charge in [-0.1, -0.05) is 51.6 Å². The van der Waals surface area contributed by atoms with Crippen molar-refractivity contribution in [1.29, 1.82) is 0 Å². The summed E-state index contributed by atoms with van der Waals surface area (Å²) in [4.78, 5) is 15.1. The predicted molar refractivity (Wildman–Crippen MR) is 137 cm³/mol. The van der Waals surface area contributed by atoms with Gasteiger partial charge >= 0.3 is 0 Å². The van der Waals surface area contributed by atoms with Crippen molar-refractivity contribution in [3.05, 3.63) is 48.5 Å². The fourth-order valence-electron chi connectivity index (χ4n) is 3.71. The van der Waals surface area contributed by atoms with Crippen LogP contribution in [0.5, 0.6) is 11.5 Å². The molecule has 8 heteroatoms. The highest BCUT2D eigenvalue weighted by Gasteiger charge is 2.22. The van der Waals surface area contributed by atoms with Crippen LogP contribution in [-0.4, -0.2) is 58.6 Å². The molecule has 0 radical (unpaired) electrons. The lowest BCUT2D eigenvalue weighted by Gasteiger charge is -2.26. The first-order valence-corrected chi connectivity index (χ1v) is 12.5. The average molecular weight is 483 g/mol. The number of ether oxygens (including phenoxy) is 2. The SMILES string of the molecule is COc1ccc(-n2c(SCC(=O)N(CC(C)C)CC(C)C)nnc2-c2ccccc2OC)cc1. The third-order valence-electron chi connectivity index (χ3n) is 5.16. The average Bonchev–Trinajstić information content (AvgIpc) is 3.25. The summed E-state index contributed by atoms with van der Waals surface area (Å²) in [5, 5.41) is 9.59. The molecular formula is C26H34N4O3S. The third-order valence-corrected chi connectivity index (χ3v) is 6.07. The van der Waals surface area contributed by atoms with Gasteiger partial charge in [0.2, 0.25) is 5.91 Å². The van der Waals surface area contributed by atoms with Gasteiger partial charge in [0, 0.05) is 13.1 Å². The molecule has 182 valence electrons. The lowest BCUT2D eigenvalue weighted by atomic mass is 10.1. The number of benzene rings is 2. The molecule has 3 aromatic rings. The van der Waals surface area contributed by atoms with E-state index in [0.717, 1.165) is 30.1 Å². The fraction of sp³-hybridized carbons (Fsp3) is 0.423. The van der Waals surface area contributed by atoms with Crippen LogP contribution in [0.15, 0.2) is 53.7 Å². The standard InChI is InChI=1S/C26H34N4O3S/c1-18(2)15-29(16-19(3)4)24(31)17-34-26-28-27-25(22-9-7-8-10-23(22)33-6)30(26)20-11-13-21(32-5)14-12-20/h7-14,18-19H,15-17H2,1-6H3. The Morgan fingerprint density at radius 3 is 2.18 bits per heavy atom. The molecule has 2 aromatic carbocycles. The first kappa shape index (κ1) is 25.6. The van der Waals surface area contributed by atoms with Crippen molar-refractivity contribution in [2.75, 3.05) is 33.1 Å². The van der Waals surface area contributed by atoms with Gasteiger partial charge in [0.25, 0.3) is 0 Å². The van der Waals surface area contributed by atoms with E-state index in [-0.39, 0.29) is 5.91 Å². The maximum Gasteiger partial charge on any atom is 0.233 e. The highest BCUT2D eigenvalue weighted by molar-refractivity contribution is 7.99. The molecule has 0 N–H and O–H groups in total. The third kappa shape index (κ3) is 6.32. The molecule has 0 saturated heterocycles. The van der Waals surface area contributed by atoms with Crippen molar-refractivity contribution in [3.8, 4) is 28.6 Å². The molecule has 3 rings (SSSR count). The molecule has 0 spiro atoms. The molecule has 0 fully saturated rings. The molecule has 0 unspecified atom stereocenters. The summed E-state index contributed by atoms with van der Waals surface area (Å²) in [5.41, 5.74) is 1.70. The van der Waals surface area contributed by atoms with Gasteiger partial charge in [0.15, 0.2) is 11.0 Å². The Labute approximate surface area is 206 Å². The summed E-state index contributed by atoms with van der Waals surface area (Å²) in [7, 11) is 3.28. The zero-order valence-electron chi connectivity index (χ0n) is 20.8. The number of hydrogen-bond acceptors (Lipinski definition) is 6. The predicted octanol–water partition coefficient (Wildman–Crippen LogP) is 5.18. The number of amides is 1. The number of carbonyl (C=O) groups is 1. The molecule has 1 aromatic heterocycles. The molecule has 0 aliphatic heterocycles. The number of para-hydroxylation sites is 1. The van der Waals surface area contributed by atoms with E-state index >= 15 is 0 Å². The highest BCUT2D eigenvalue weighted by atomic mass is 32.2. The van der Waals surface area contributed by atoms with E-state index in [9.17, 15) is 4.79 Å². The first-order valence-electron chi connectivity index (χ1n) is 11.5. The van der Waals surface area contributed by atoms with Crippen molar-refractivity contribution in [3.63, 3.8) is 0 Å². The minimum absolute atomic E-state index is 0.107. The van der Waals surface area contributed by atoms with Crippen molar-refractivity contribution < 1.29 is 14.3 Å². The molecule has 34 heavy (non-hydrogen) atoms. The van der Waals surface area contributed by atoms with Crippen LogP contribution in [-0.2, 0) is 4.79 Å². The van der Waals surface area contributed by atoms with E-state index in [2.05, 4.69) is 37.9 Å². The van der Waals surface area contributed by atoms with Gasteiger partial charge in [-0.15, -0.1) is 10.2 Å². The quantitative estimate of drug-likeness (QED) is 0.351. The van der Waals surface area contributed by atoms with Crippen LogP contribution in [0.4, 0.5) is 0 Å². The summed E-state index contributed by atoms with van der Waals surface area (Å²) in [6.45, 7) is 10.0. The normalized spacial score (nSPS) is 11.2. The Hall–Kier alpha value is -3.00. The van der Waals surface area contributed by atoms with Gasteiger partial charge < -0.3 is 14.4 Å². The van der Waals surface area contributed by atoms with E-state index in [1.807, 2.05) is 58.0 Å². The molecule has 0 bridgehead atoms. The van der Waals surface area contributed by atoms with E-state index in [1.54, 1.807) is 14.2 Å². The van der Waals surface area contributed by atoms with Gasteiger partial charge in [0.05, 0.1) is 31.2 Å². The van der Waals surface area contributed by atoms with Crippen LogP contribution < -0.4 is 9.47 Å². The largest absolute Gasteiger partial charge is 0.497 e. The zero-order chi connectivity index (χ0) is 24.7. The molecule has 0 saturated carbocycles. The lowest BCUT2D eigenvalue weighted by Crippen LogP contribution is -2.38. The molecular weight excluding hydrogens is 448 g/mol. The lowest BCUT2D eigenvalue weighted by molar-refractivity contribution is -0.129. The van der Waals surface area contributed by atoms with E-state index in [1.165, 1.54) is 11.8 Å². The van der Waals surface area contributed by atoms with E-state index in [0.29, 0.717) is 34.3 Å². The molecule has 0 aliphatic carbocycles. The van der Waals surface area contributed by atoms with Gasteiger partial charge in [0.1, 0.15) is 11.5 Å². The second-order valence-electron chi connectivity index (χ2n) is 8.91. The minimum Gasteiger partial charge on any atom is -0.497 e. The minimum atomic E-state index is 0.107. The van der Waals surface area contributed by atoms with Crippen molar-refractivity contribution in [2.45, 2.75) is 32.9 Å². The van der Waals surface area contributed by atoms with Crippen molar-refractivity contribution >= 4 is 17.7 Å². The highest BCUT2D eigenvalue weighted by Crippen LogP contribution is 2.33. The zero-order valence-corrected chi connectivity index (χ0v) is 21.6.